The lowest BCUT2D eigenvalue weighted by Gasteiger charge is -2.06. The number of aliphatic hydroxyl groups is 1. The number of carbonyl (C=O) groups is 1. The summed E-state index contributed by atoms with van der Waals surface area (Å²) in [6.45, 7) is 2.93. The molecule has 0 fully saturated rings. The molecular formula is C15H15ClN2O2S. The minimum atomic E-state index is -0.154. The van der Waals surface area contributed by atoms with Gasteiger partial charge >= 0.3 is 0 Å². The van der Waals surface area contributed by atoms with Crippen LogP contribution >= 0.6 is 22.9 Å². The molecule has 6 heteroatoms. The highest BCUT2D eigenvalue weighted by Gasteiger charge is 2.12. The number of halogens is 1. The van der Waals surface area contributed by atoms with E-state index in [1.807, 2.05) is 23.6 Å². The second-order valence-electron chi connectivity index (χ2n) is 4.24. The van der Waals surface area contributed by atoms with Gasteiger partial charge in [-0.05, 0) is 25.1 Å². The predicted molar refractivity (Wildman–Crippen MR) is 84.6 cm³/mol. The van der Waals surface area contributed by atoms with Gasteiger partial charge in [-0.15, -0.1) is 11.3 Å². The Morgan fingerprint density at radius 2 is 2.33 bits per heavy atom. The van der Waals surface area contributed by atoms with Gasteiger partial charge in [0.05, 0.1) is 16.4 Å². The molecule has 110 valence electrons. The number of thiophene rings is 1. The van der Waals surface area contributed by atoms with Crippen LogP contribution in [0.2, 0.25) is 5.02 Å². The number of hydrogen-bond acceptors (Lipinski definition) is 3. The highest BCUT2D eigenvalue weighted by molar-refractivity contribution is 7.12. The van der Waals surface area contributed by atoms with Crippen molar-refractivity contribution in [3.8, 4) is 11.8 Å². The van der Waals surface area contributed by atoms with Crippen LogP contribution < -0.4 is 5.32 Å². The van der Waals surface area contributed by atoms with E-state index >= 15 is 0 Å². The van der Waals surface area contributed by atoms with Crippen molar-refractivity contribution in [3.63, 3.8) is 0 Å². The van der Waals surface area contributed by atoms with Gasteiger partial charge in [0.1, 0.15) is 12.3 Å². The number of aliphatic hydroxyl groups excluding tert-OH is 1. The zero-order valence-electron chi connectivity index (χ0n) is 11.5. The minimum absolute atomic E-state index is 0.153. The molecule has 0 unspecified atom stereocenters. The van der Waals surface area contributed by atoms with Crippen molar-refractivity contribution in [3.05, 3.63) is 44.9 Å². The lowest BCUT2D eigenvalue weighted by Crippen LogP contribution is -2.24. The molecule has 0 spiro atoms. The third kappa shape index (κ3) is 4.11. The van der Waals surface area contributed by atoms with E-state index < -0.39 is 0 Å². The Labute approximate surface area is 132 Å². The van der Waals surface area contributed by atoms with Crippen molar-refractivity contribution in [2.75, 3.05) is 6.61 Å². The molecule has 0 aliphatic heterocycles. The first-order valence-corrected chi connectivity index (χ1v) is 7.65. The number of aromatic nitrogens is 1. The number of nitrogens with one attached hydrogen (secondary N) is 1. The zero-order valence-corrected chi connectivity index (χ0v) is 13.1. The molecule has 2 rings (SSSR count). The number of nitrogens with zero attached hydrogens (tertiary/aromatic N) is 1. The van der Waals surface area contributed by atoms with Crippen molar-refractivity contribution < 1.29 is 9.90 Å². The molecule has 2 aromatic heterocycles. The largest absolute Gasteiger partial charge is 0.384 e. The molecule has 0 radical (unpaired) electrons. The Morgan fingerprint density at radius 3 is 3.05 bits per heavy atom. The molecule has 2 heterocycles. The van der Waals surface area contributed by atoms with E-state index in [0.29, 0.717) is 23.8 Å². The standard InChI is InChI=1S/C15H15ClN2O2S/c1-2-18-10-11(16)8-14(18)15(20)17-9-13-6-5-12(21-13)4-3-7-19/h5-6,8,10,19H,2,7,9H2,1H3,(H,17,20). The summed E-state index contributed by atoms with van der Waals surface area (Å²) < 4.78 is 1.81. The average molecular weight is 323 g/mol. The number of amides is 1. The monoisotopic (exact) mass is 322 g/mol. The molecule has 4 nitrogen and oxygen atoms in total. The van der Waals surface area contributed by atoms with E-state index in [2.05, 4.69) is 17.2 Å². The number of carbonyl (C=O) groups excluding carboxylic acids is 1. The molecule has 21 heavy (non-hydrogen) atoms. The van der Waals surface area contributed by atoms with E-state index in [4.69, 9.17) is 16.7 Å². The SMILES string of the molecule is CCn1cc(Cl)cc1C(=O)NCc1ccc(C#CCO)s1. The number of rotatable bonds is 4. The fourth-order valence-electron chi connectivity index (χ4n) is 1.85. The van der Waals surface area contributed by atoms with Crippen LogP contribution in [0.1, 0.15) is 27.2 Å². The van der Waals surface area contributed by atoms with Crippen LogP contribution in [-0.2, 0) is 13.1 Å². The molecule has 2 aromatic rings. The molecule has 0 aliphatic rings. The fraction of sp³-hybridized carbons (Fsp3) is 0.267. The van der Waals surface area contributed by atoms with Gasteiger partial charge in [0.2, 0.25) is 0 Å². The summed E-state index contributed by atoms with van der Waals surface area (Å²) >= 11 is 7.42. The lowest BCUT2D eigenvalue weighted by molar-refractivity contribution is 0.0942. The normalized spacial score (nSPS) is 10.0. The summed E-state index contributed by atoms with van der Waals surface area (Å²) in [4.78, 5) is 14.0. The van der Waals surface area contributed by atoms with Gasteiger partial charge in [0.15, 0.2) is 0 Å². The Hall–Kier alpha value is -1.74. The van der Waals surface area contributed by atoms with Crippen molar-refractivity contribution in [2.45, 2.75) is 20.0 Å². The highest BCUT2D eigenvalue weighted by Crippen LogP contribution is 2.17. The van der Waals surface area contributed by atoms with Crippen LogP contribution in [0.5, 0.6) is 0 Å². The summed E-state index contributed by atoms with van der Waals surface area (Å²) in [6.07, 6.45) is 1.74. The van der Waals surface area contributed by atoms with E-state index in [0.717, 1.165) is 9.75 Å². The Morgan fingerprint density at radius 1 is 1.52 bits per heavy atom. The van der Waals surface area contributed by atoms with Crippen molar-refractivity contribution in [1.29, 1.82) is 0 Å². The van der Waals surface area contributed by atoms with E-state index in [9.17, 15) is 4.79 Å². The topological polar surface area (TPSA) is 54.3 Å². The van der Waals surface area contributed by atoms with Crippen molar-refractivity contribution in [1.82, 2.24) is 9.88 Å². The summed E-state index contributed by atoms with van der Waals surface area (Å²) in [6, 6.07) is 5.45. The zero-order chi connectivity index (χ0) is 15.2. The molecule has 0 bridgehead atoms. The van der Waals surface area contributed by atoms with E-state index in [1.165, 1.54) is 11.3 Å². The quantitative estimate of drug-likeness (QED) is 0.850. The molecular weight excluding hydrogens is 308 g/mol. The second kappa shape index (κ2) is 7.32. The van der Waals surface area contributed by atoms with E-state index in [-0.39, 0.29) is 12.5 Å². The minimum Gasteiger partial charge on any atom is -0.384 e. The second-order valence-corrected chi connectivity index (χ2v) is 5.84. The van der Waals surface area contributed by atoms with Crippen LogP contribution in [0.4, 0.5) is 0 Å². The molecule has 0 aliphatic carbocycles. The summed E-state index contributed by atoms with van der Waals surface area (Å²) in [5.74, 6) is 5.28. The van der Waals surface area contributed by atoms with Crippen LogP contribution in [-0.4, -0.2) is 22.2 Å². The van der Waals surface area contributed by atoms with Crippen LogP contribution in [0, 0.1) is 11.8 Å². The first kappa shape index (κ1) is 15.6. The number of hydrogen-bond donors (Lipinski definition) is 2. The summed E-state index contributed by atoms with van der Waals surface area (Å²) in [5, 5.41) is 12.1. The van der Waals surface area contributed by atoms with Crippen LogP contribution in [0.25, 0.3) is 0 Å². The number of aryl methyl sites for hydroxylation is 1. The smallest absolute Gasteiger partial charge is 0.268 e. The maximum Gasteiger partial charge on any atom is 0.268 e. The van der Waals surface area contributed by atoms with Crippen molar-refractivity contribution in [2.24, 2.45) is 0 Å². The Bertz CT molecular complexity index is 694. The maximum absolute atomic E-state index is 12.1. The van der Waals surface area contributed by atoms with Gasteiger partial charge in [-0.3, -0.25) is 4.79 Å². The average Bonchev–Trinajstić information content (AvgIpc) is 3.08. The van der Waals surface area contributed by atoms with Crippen LogP contribution in [0.3, 0.4) is 0 Å². The first-order valence-electron chi connectivity index (χ1n) is 6.46. The van der Waals surface area contributed by atoms with Gasteiger partial charge in [0, 0.05) is 17.6 Å². The third-order valence-electron chi connectivity index (χ3n) is 2.81. The van der Waals surface area contributed by atoms with Gasteiger partial charge in [-0.25, -0.2) is 0 Å². The molecule has 0 aromatic carbocycles. The molecule has 1 amide bonds. The maximum atomic E-state index is 12.1. The molecule has 0 atom stereocenters. The first-order chi connectivity index (χ1) is 10.1. The van der Waals surface area contributed by atoms with Gasteiger partial charge < -0.3 is 15.0 Å². The molecule has 0 saturated heterocycles. The summed E-state index contributed by atoms with van der Waals surface area (Å²) in [5.41, 5.74) is 0.555. The molecule has 0 saturated carbocycles. The lowest BCUT2D eigenvalue weighted by atomic mass is 10.3. The highest BCUT2D eigenvalue weighted by atomic mass is 35.5. The van der Waals surface area contributed by atoms with Crippen molar-refractivity contribution >= 4 is 28.8 Å². The van der Waals surface area contributed by atoms with Gasteiger partial charge in [-0.2, -0.15) is 0 Å². The van der Waals surface area contributed by atoms with Gasteiger partial charge in [0.25, 0.3) is 5.91 Å². The molecule has 2 N–H and O–H groups in total. The summed E-state index contributed by atoms with van der Waals surface area (Å²) in [7, 11) is 0. The fourth-order valence-corrected chi connectivity index (χ4v) is 2.89. The van der Waals surface area contributed by atoms with Crippen LogP contribution in [0.15, 0.2) is 24.4 Å². The van der Waals surface area contributed by atoms with E-state index in [1.54, 1.807) is 12.3 Å². The predicted octanol–water partition coefficient (Wildman–Crippen LogP) is 2.50. The third-order valence-corrected chi connectivity index (χ3v) is 4.02. The Kier molecular flexibility index (Phi) is 5.45. The Balaban J connectivity index is 1.99. The van der Waals surface area contributed by atoms with Gasteiger partial charge in [-0.1, -0.05) is 23.4 Å².